The largest absolute Gasteiger partial charge is 0.461 e. The Morgan fingerprint density at radius 2 is 2.12 bits per heavy atom. The van der Waals surface area contributed by atoms with E-state index in [1.54, 1.807) is 13.8 Å². The zero-order valence-electron chi connectivity index (χ0n) is 14.3. The summed E-state index contributed by atoms with van der Waals surface area (Å²) in [6.07, 6.45) is -1.02. The summed E-state index contributed by atoms with van der Waals surface area (Å²) in [6.45, 7) is 3.22. The number of ketones is 1. The molecule has 10 heteroatoms. The topological polar surface area (TPSA) is 142 Å². The van der Waals surface area contributed by atoms with Gasteiger partial charge in [-0.1, -0.05) is 0 Å². The molecule has 140 valence electrons. The molecule has 1 amide bonds. The lowest BCUT2D eigenvalue weighted by Crippen LogP contribution is -2.45. The standard InChI is InChI=1S/C16H19FN4O5/c1-9(2)26-16(25)13(6-4-11(22)8-20-18)21-15(24)14(23)12-5-3-10(17)7-19-12/h3,5,7-9,13-14,23H,4,6H2,1-2H3,(H,21,24)/t13-,14-/m0/s1. The third kappa shape index (κ3) is 6.88. The third-order valence-corrected chi connectivity index (χ3v) is 3.11. The van der Waals surface area contributed by atoms with E-state index in [0.717, 1.165) is 18.3 Å². The first-order chi connectivity index (χ1) is 12.2. The first-order valence-corrected chi connectivity index (χ1v) is 7.75. The molecular weight excluding hydrogens is 347 g/mol. The van der Waals surface area contributed by atoms with E-state index in [0.29, 0.717) is 6.21 Å². The summed E-state index contributed by atoms with van der Waals surface area (Å²) < 4.78 is 17.9. The number of esters is 1. The Morgan fingerprint density at radius 3 is 2.65 bits per heavy atom. The number of rotatable bonds is 9. The highest BCUT2D eigenvalue weighted by atomic mass is 19.1. The fourth-order valence-corrected chi connectivity index (χ4v) is 1.91. The molecule has 0 radical (unpaired) electrons. The zero-order valence-corrected chi connectivity index (χ0v) is 14.3. The lowest BCUT2D eigenvalue weighted by atomic mass is 10.1. The van der Waals surface area contributed by atoms with Gasteiger partial charge in [0.25, 0.3) is 5.91 Å². The van der Waals surface area contributed by atoms with E-state index in [9.17, 15) is 23.9 Å². The summed E-state index contributed by atoms with van der Waals surface area (Å²) in [4.78, 5) is 41.8. The van der Waals surface area contributed by atoms with Gasteiger partial charge in [-0.25, -0.2) is 9.18 Å². The Bertz CT molecular complexity index is 701. The van der Waals surface area contributed by atoms with Crippen LogP contribution < -0.4 is 5.32 Å². The number of aliphatic hydroxyl groups excluding tert-OH is 1. The number of aromatic nitrogens is 1. The summed E-state index contributed by atoms with van der Waals surface area (Å²) in [5.41, 5.74) is 8.21. The Morgan fingerprint density at radius 1 is 1.42 bits per heavy atom. The maximum atomic E-state index is 12.9. The molecule has 0 aliphatic heterocycles. The second-order valence-corrected chi connectivity index (χ2v) is 5.60. The molecule has 0 spiro atoms. The lowest BCUT2D eigenvalue weighted by molar-refractivity contribution is -0.152. The average Bonchev–Trinajstić information content (AvgIpc) is 2.58. The van der Waals surface area contributed by atoms with Gasteiger partial charge in [0.15, 0.2) is 6.10 Å². The highest BCUT2D eigenvalue weighted by Gasteiger charge is 2.28. The fourth-order valence-electron chi connectivity index (χ4n) is 1.91. The lowest BCUT2D eigenvalue weighted by Gasteiger charge is -2.20. The Hall–Kier alpha value is -2.97. The van der Waals surface area contributed by atoms with Crippen LogP contribution >= 0.6 is 0 Å². The molecule has 0 bridgehead atoms. The van der Waals surface area contributed by atoms with Crippen molar-refractivity contribution in [2.75, 3.05) is 0 Å². The van der Waals surface area contributed by atoms with Crippen molar-refractivity contribution in [2.24, 2.45) is 0 Å². The molecule has 2 N–H and O–H groups in total. The predicted molar refractivity (Wildman–Crippen MR) is 86.2 cm³/mol. The van der Waals surface area contributed by atoms with Crippen molar-refractivity contribution < 1.29 is 33.4 Å². The predicted octanol–water partition coefficient (Wildman–Crippen LogP) is 0.340. The van der Waals surface area contributed by atoms with Crippen LogP contribution in [0.3, 0.4) is 0 Å². The number of carbonyl (C=O) groups is 3. The molecule has 2 atom stereocenters. The zero-order chi connectivity index (χ0) is 19.7. The highest BCUT2D eigenvalue weighted by Crippen LogP contribution is 2.12. The van der Waals surface area contributed by atoms with Crippen LogP contribution in [0.25, 0.3) is 5.53 Å². The number of ether oxygens (including phenoxy) is 1. The molecule has 1 rings (SSSR count). The molecular formula is C16H19FN4O5. The van der Waals surface area contributed by atoms with E-state index >= 15 is 0 Å². The van der Waals surface area contributed by atoms with Gasteiger partial charge in [0, 0.05) is 6.42 Å². The van der Waals surface area contributed by atoms with E-state index in [-0.39, 0.29) is 18.5 Å². The molecule has 0 fully saturated rings. The molecule has 0 saturated heterocycles. The minimum Gasteiger partial charge on any atom is -0.461 e. The number of aliphatic hydroxyl groups is 1. The second-order valence-electron chi connectivity index (χ2n) is 5.60. The fraction of sp³-hybridized carbons (Fsp3) is 0.438. The molecule has 1 aromatic rings. The Kier molecular flexibility index (Phi) is 8.20. The van der Waals surface area contributed by atoms with Crippen LogP contribution in [-0.4, -0.2) is 50.9 Å². The van der Waals surface area contributed by atoms with Crippen molar-refractivity contribution in [1.82, 2.24) is 10.3 Å². The van der Waals surface area contributed by atoms with Crippen LogP contribution in [0.4, 0.5) is 4.39 Å². The number of halogens is 1. The molecule has 9 nitrogen and oxygen atoms in total. The molecule has 1 heterocycles. The number of nitrogens with zero attached hydrogens (tertiary/aromatic N) is 3. The number of Topliss-reactive ketones (excluding diaryl/α,β-unsaturated/α-hetero) is 1. The van der Waals surface area contributed by atoms with Crippen LogP contribution in [0, 0.1) is 5.82 Å². The van der Waals surface area contributed by atoms with Crippen LogP contribution in [0.5, 0.6) is 0 Å². The van der Waals surface area contributed by atoms with Gasteiger partial charge in [0.05, 0.1) is 18.0 Å². The van der Waals surface area contributed by atoms with E-state index in [4.69, 9.17) is 10.3 Å². The molecule has 26 heavy (non-hydrogen) atoms. The quantitative estimate of drug-likeness (QED) is 0.279. The third-order valence-electron chi connectivity index (χ3n) is 3.11. The normalized spacial score (nSPS) is 12.7. The van der Waals surface area contributed by atoms with Gasteiger partial charge >= 0.3 is 12.2 Å². The van der Waals surface area contributed by atoms with Gasteiger partial charge in [-0.2, -0.15) is 4.79 Å². The number of carbonyl (C=O) groups excluding carboxylic acids is 3. The van der Waals surface area contributed by atoms with Gasteiger partial charge in [0.2, 0.25) is 5.78 Å². The number of hydrogen-bond acceptors (Lipinski definition) is 6. The van der Waals surface area contributed by atoms with Gasteiger partial charge < -0.3 is 20.7 Å². The molecule has 1 aromatic heterocycles. The summed E-state index contributed by atoms with van der Waals surface area (Å²) in [6, 6.07) is 0.939. The molecule has 0 aromatic carbocycles. The van der Waals surface area contributed by atoms with Crippen LogP contribution in [-0.2, 0) is 19.1 Å². The van der Waals surface area contributed by atoms with E-state index in [1.807, 2.05) is 0 Å². The monoisotopic (exact) mass is 366 g/mol. The van der Waals surface area contributed by atoms with Crippen LogP contribution in [0.1, 0.15) is 38.5 Å². The smallest absolute Gasteiger partial charge is 0.328 e. The Labute approximate surface area is 148 Å². The van der Waals surface area contributed by atoms with Gasteiger partial charge in [-0.15, -0.1) is 0 Å². The number of hydrogen-bond donors (Lipinski definition) is 2. The maximum absolute atomic E-state index is 12.9. The van der Waals surface area contributed by atoms with E-state index in [1.165, 1.54) is 0 Å². The second kappa shape index (κ2) is 10.1. The van der Waals surface area contributed by atoms with Crippen LogP contribution in [0.2, 0.25) is 0 Å². The van der Waals surface area contributed by atoms with Gasteiger partial charge in [-0.05, 0) is 32.4 Å². The molecule has 0 saturated carbocycles. The van der Waals surface area contributed by atoms with Crippen LogP contribution in [0.15, 0.2) is 18.3 Å². The van der Waals surface area contributed by atoms with Gasteiger partial charge in [0.1, 0.15) is 11.9 Å². The van der Waals surface area contributed by atoms with Crippen molar-refractivity contribution >= 4 is 23.9 Å². The Balaban J connectivity index is 2.83. The highest BCUT2D eigenvalue weighted by molar-refractivity contribution is 6.25. The summed E-state index contributed by atoms with van der Waals surface area (Å²) in [5.74, 6) is -2.95. The first kappa shape index (κ1) is 21.1. The maximum Gasteiger partial charge on any atom is 0.328 e. The summed E-state index contributed by atoms with van der Waals surface area (Å²) in [5, 5.41) is 12.3. The molecule has 0 aliphatic rings. The molecule has 0 unspecified atom stereocenters. The SMILES string of the molecule is CC(C)OC(=O)[C@H](CCC(=O)C=[N+]=[N-])NC(=O)[C@@H](O)c1ccc(F)cn1. The van der Waals surface area contributed by atoms with Crippen molar-refractivity contribution in [3.05, 3.63) is 35.4 Å². The minimum atomic E-state index is -1.74. The average molecular weight is 366 g/mol. The van der Waals surface area contributed by atoms with Crippen molar-refractivity contribution in [3.63, 3.8) is 0 Å². The van der Waals surface area contributed by atoms with Gasteiger partial charge in [-0.3, -0.25) is 14.6 Å². The van der Waals surface area contributed by atoms with Crippen molar-refractivity contribution in [3.8, 4) is 0 Å². The minimum absolute atomic E-state index is 0.108. The number of nitrogens with one attached hydrogen (secondary N) is 1. The summed E-state index contributed by atoms with van der Waals surface area (Å²) in [7, 11) is 0. The summed E-state index contributed by atoms with van der Waals surface area (Å²) >= 11 is 0. The van der Waals surface area contributed by atoms with E-state index in [2.05, 4.69) is 15.1 Å². The number of amides is 1. The first-order valence-electron chi connectivity index (χ1n) is 7.75. The van der Waals surface area contributed by atoms with Crippen molar-refractivity contribution in [1.29, 1.82) is 0 Å². The van der Waals surface area contributed by atoms with E-state index < -0.39 is 41.7 Å². The number of pyridine rings is 1. The van der Waals surface area contributed by atoms with Crippen molar-refractivity contribution in [2.45, 2.75) is 44.9 Å². The molecule has 0 aliphatic carbocycles.